The minimum absolute atomic E-state index is 0.506. The summed E-state index contributed by atoms with van der Waals surface area (Å²) < 4.78 is 0. The van der Waals surface area contributed by atoms with Crippen molar-refractivity contribution < 1.29 is 0 Å². The lowest BCUT2D eigenvalue weighted by atomic mass is 10.2. The number of halogens is 3. The molecule has 2 aromatic rings. The second kappa shape index (κ2) is 7.32. The lowest BCUT2D eigenvalue weighted by molar-refractivity contribution is 0.926. The number of rotatable bonds is 3. The van der Waals surface area contributed by atoms with Gasteiger partial charge in [0.05, 0.1) is 0 Å². The number of hydrogen-bond donors (Lipinski definition) is 2. The zero-order valence-corrected chi connectivity index (χ0v) is 14.3. The highest BCUT2D eigenvalue weighted by molar-refractivity contribution is 7.80. The maximum absolute atomic E-state index is 6.11. The summed E-state index contributed by atoms with van der Waals surface area (Å²) in [7, 11) is 0. The van der Waals surface area contributed by atoms with Crippen LogP contribution in [-0.2, 0) is 6.54 Å². The SMILES string of the molecule is Cc1c(Cl)cccc1NC(=S)NCc1ccc(Cl)cc1Cl. The molecule has 0 radical (unpaired) electrons. The highest BCUT2D eigenvalue weighted by Crippen LogP contribution is 2.23. The molecule has 2 nitrogen and oxygen atoms in total. The van der Waals surface area contributed by atoms with Crippen LogP contribution < -0.4 is 10.6 Å². The summed E-state index contributed by atoms with van der Waals surface area (Å²) in [6.07, 6.45) is 0. The van der Waals surface area contributed by atoms with Gasteiger partial charge in [0, 0.05) is 27.3 Å². The lowest BCUT2D eigenvalue weighted by Crippen LogP contribution is -2.28. The van der Waals surface area contributed by atoms with Gasteiger partial charge in [0.2, 0.25) is 0 Å². The van der Waals surface area contributed by atoms with E-state index in [-0.39, 0.29) is 0 Å². The summed E-state index contributed by atoms with van der Waals surface area (Å²) >= 11 is 23.3. The van der Waals surface area contributed by atoms with Crippen LogP contribution in [0.3, 0.4) is 0 Å². The molecule has 0 bridgehead atoms. The van der Waals surface area contributed by atoms with E-state index in [0.29, 0.717) is 26.7 Å². The van der Waals surface area contributed by atoms with Crippen molar-refractivity contribution in [3.8, 4) is 0 Å². The third kappa shape index (κ3) is 4.48. The second-order valence-electron chi connectivity index (χ2n) is 4.46. The predicted molar refractivity (Wildman–Crippen MR) is 95.7 cm³/mol. The van der Waals surface area contributed by atoms with Gasteiger partial charge in [0.1, 0.15) is 0 Å². The molecule has 0 aliphatic heterocycles. The normalized spacial score (nSPS) is 10.3. The summed E-state index contributed by atoms with van der Waals surface area (Å²) in [5.74, 6) is 0. The van der Waals surface area contributed by atoms with Crippen LogP contribution in [0.15, 0.2) is 36.4 Å². The average molecular weight is 360 g/mol. The van der Waals surface area contributed by atoms with Crippen molar-refractivity contribution in [1.82, 2.24) is 5.32 Å². The molecule has 110 valence electrons. The molecular weight excluding hydrogens is 347 g/mol. The first-order valence-electron chi connectivity index (χ1n) is 6.21. The van der Waals surface area contributed by atoms with Gasteiger partial charge in [-0.15, -0.1) is 0 Å². The van der Waals surface area contributed by atoms with Crippen LogP contribution in [0.1, 0.15) is 11.1 Å². The third-order valence-corrected chi connectivity index (χ3v) is 4.21. The molecule has 2 N–H and O–H groups in total. The van der Waals surface area contributed by atoms with E-state index in [4.69, 9.17) is 47.0 Å². The molecule has 0 saturated heterocycles. The van der Waals surface area contributed by atoms with Crippen molar-refractivity contribution in [1.29, 1.82) is 0 Å². The first-order valence-corrected chi connectivity index (χ1v) is 7.75. The van der Waals surface area contributed by atoms with E-state index < -0.39 is 0 Å². The Hall–Kier alpha value is -1.000. The first-order chi connectivity index (χ1) is 9.97. The smallest absolute Gasteiger partial charge is 0.171 e. The Kier molecular flexibility index (Phi) is 5.71. The largest absolute Gasteiger partial charge is 0.358 e. The van der Waals surface area contributed by atoms with Crippen molar-refractivity contribution in [2.45, 2.75) is 13.5 Å². The van der Waals surface area contributed by atoms with Gasteiger partial charge in [-0.3, -0.25) is 0 Å². The molecule has 0 amide bonds. The molecule has 0 aromatic heterocycles. The first kappa shape index (κ1) is 16.4. The van der Waals surface area contributed by atoms with Crippen molar-refractivity contribution in [2.24, 2.45) is 0 Å². The molecular formula is C15H13Cl3N2S. The number of nitrogens with one attached hydrogen (secondary N) is 2. The van der Waals surface area contributed by atoms with Crippen molar-refractivity contribution in [3.63, 3.8) is 0 Å². The predicted octanol–water partition coefficient (Wildman–Crippen LogP) is 5.44. The molecule has 0 saturated carbocycles. The fourth-order valence-corrected chi connectivity index (χ4v) is 2.58. The van der Waals surface area contributed by atoms with Gasteiger partial charge >= 0.3 is 0 Å². The van der Waals surface area contributed by atoms with Gasteiger partial charge in [-0.05, 0) is 54.5 Å². The monoisotopic (exact) mass is 358 g/mol. The topological polar surface area (TPSA) is 24.1 Å². The summed E-state index contributed by atoms with van der Waals surface area (Å²) in [6.45, 7) is 2.45. The van der Waals surface area contributed by atoms with Crippen LogP contribution in [0, 0.1) is 6.92 Å². The van der Waals surface area contributed by atoms with Crippen LogP contribution in [0.4, 0.5) is 5.69 Å². The van der Waals surface area contributed by atoms with E-state index in [2.05, 4.69) is 10.6 Å². The van der Waals surface area contributed by atoms with Crippen LogP contribution in [0.2, 0.25) is 15.1 Å². The van der Waals surface area contributed by atoms with Gasteiger partial charge in [0.25, 0.3) is 0 Å². The molecule has 0 aliphatic carbocycles. The molecule has 2 aromatic carbocycles. The Morgan fingerprint density at radius 2 is 1.86 bits per heavy atom. The van der Waals surface area contributed by atoms with Crippen molar-refractivity contribution in [2.75, 3.05) is 5.32 Å². The van der Waals surface area contributed by atoms with E-state index >= 15 is 0 Å². The van der Waals surface area contributed by atoms with Gasteiger partial charge in [0.15, 0.2) is 5.11 Å². The van der Waals surface area contributed by atoms with E-state index in [9.17, 15) is 0 Å². The molecule has 0 spiro atoms. The number of thiocarbonyl (C=S) groups is 1. The maximum atomic E-state index is 6.11. The van der Waals surface area contributed by atoms with Crippen LogP contribution in [0.5, 0.6) is 0 Å². The molecule has 2 rings (SSSR count). The van der Waals surface area contributed by atoms with Crippen LogP contribution in [0.25, 0.3) is 0 Å². The van der Waals surface area contributed by atoms with Gasteiger partial charge in [-0.2, -0.15) is 0 Å². The Morgan fingerprint density at radius 3 is 2.57 bits per heavy atom. The van der Waals surface area contributed by atoms with Crippen LogP contribution >= 0.6 is 47.0 Å². The zero-order chi connectivity index (χ0) is 15.4. The van der Waals surface area contributed by atoms with Crippen LogP contribution in [-0.4, -0.2) is 5.11 Å². The Morgan fingerprint density at radius 1 is 1.10 bits per heavy atom. The third-order valence-electron chi connectivity index (χ3n) is 2.97. The Bertz CT molecular complexity index is 674. The minimum atomic E-state index is 0.506. The molecule has 0 unspecified atom stereocenters. The van der Waals surface area contributed by atoms with E-state index in [1.807, 2.05) is 31.2 Å². The molecule has 0 aliphatic rings. The summed E-state index contributed by atoms with van der Waals surface area (Å²) in [4.78, 5) is 0. The summed E-state index contributed by atoms with van der Waals surface area (Å²) in [5.41, 5.74) is 2.75. The Labute approximate surface area is 144 Å². The van der Waals surface area contributed by atoms with Gasteiger partial charge in [-0.1, -0.05) is 46.9 Å². The summed E-state index contributed by atoms with van der Waals surface area (Å²) in [6, 6.07) is 11.0. The van der Waals surface area contributed by atoms with E-state index in [1.165, 1.54) is 0 Å². The quantitative estimate of drug-likeness (QED) is 0.713. The second-order valence-corrected chi connectivity index (χ2v) is 6.11. The van der Waals surface area contributed by atoms with Crippen molar-refractivity contribution >= 4 is 57.8 Å². The van der Waals surface area contributed by atoms with Crippen molar-refractivity contribution in [3.05, 3.63) is 62.6 Å². The highest BCUT2D eigenvalue weighted by atomic mass is 35.5. The number of anilines is 1. The molecule has 0 heterocycles. The summed E-state index contributed by atoms with van der Waals surface area (Å²) in [5, 5.41) is 8.64. The van der Waals surface area contributed by atoms with E-state index in [1.54, 1.807) is 12.1 Å². The molecule has 0 fully saturated rings. The van der Waals surface area contributed by atoms with E-state index in [0.717, 1.165) is 16.8 Å². The standard InChI is InChI=1S/C15H13Cl3N2S/c1-9-12(17)3-2-4-14(9)20-15(21)19-8-10-5-6-11(16)7-13(10)18/h2-7H,8H2,1H3,(H2,19,20,21). The van der Waals surface area contributed by atoms with Gasteiger partial charge < -0.3 is 10.6 Å². The molecule has 6 heteroatoms. The fraction of sp³-hybridized carbons (Fsp3) is 0.133. The zero-order valence-electron chi connectivity index (χ0n) is 11.2. The van der Waals surface area contributed by atoms with Gasteiger partial charge in [-0.25, -0.2) is 0 Å². The number of benzene rings is 2. The minimum Gasteiger partial charge on any atom is -0.358 e. The highest BCUT2D eigenvalue weighted by Gasteiger charge is 2.05. The lowest BCUT2D eigenvalue weighted by Gasteiger charge is -2.13. The molecule has 21 heavy (non-hydrogen) atoms. The molecule has 0 atom stereocenters. The maximum Gasteiger partial charge on any atom is 0.171 e. The fourth-order valence-electron chi connectivity index (χ4n) is 1.75. The average Bonchev–Trinajstić information content (AvgIpc) is 2.43. The Balaban J connectivity index is 1.97. The number of hydrogen-bond acceptors (Lipinski definition) is 1.